The molecule has 0 fully saturated rings. The van der Waals surface area contributed by atoms with E-state index in [0.29, 0.717) is 11.5 Å². The minimum Gasteiger partial charge on any atom is -0.497 e. The molecule has 1 aromatic rings. The van der Waals surface area contributed by atoms with E-state index >= 15 is 0 Å². The number of carboxylic acids is 1. The predicted octanol–water partition coefficient (Wildman–Crippen LogP) is 0.663. The summed E-state index contributed by atoms with van der Waals surface area (Å²) in [6, 6.07) is 5.79. The van der Waals surface area contributed by atoms with E-state index in [0.717, 1.165) is 0 Å². The largest absolute Gasteiger partial charge is 0.497 e. The Morgan fingerprint density at radius 2 is 1.83 bits per heavy atom. The van der Waals surface area contributed by atoms with Crippen molar-refractivity contribution >= 4 is 11.9 Å². The van der Waals surface area contributed by atoms with Gasteiger partial charge < -0.3 is 19.9 Å². The number of nitrogens with one attached hydrogen (secondary N) is 1. The molecule has 6 nitrogen and oxygen atoms in total. The minimum absolute atomic E-state index is 0.232. The van der Waals surface area contributed by atoms with Crippen LogP contribution in [0.5, 0.6) is 11.5 Å². The second-order valence-electron chi connectivity index (χ2n) is 3.59. The lowest BCUT2D eigenvalue weighted by Gasteiger charge is -2.10. The summed E-state index contributed by atoms with van der Waals surface area (Å²) in [6.07, 6.45) is 0. The van der Waals surface area contributed by atoms with Crippen molar-refractivity contribution in [2.24, 2.45) is 0 Å². The van der Waals surface area contributed by atoms with E-state index in [-0.39, 0.29) is 6.61 Å². The van der Waals surface area contributed by atoms with Crippen molar-refractivity contribution in [3.63, 3.8) is 0 Å². The highest BCUT2D eigenvalue weighted by molar-refractivity contribution is 5.84. The molecule has 0 radical (unpaired) electrons. The highest BCUT2D eigenvalue weighted by Gasteiger charge is 2.13. The monoisotopic (exact) mass is 253 g/mol. The van der Waals surface area contributed by atoms with Gasteiger partial charge in [0.15, 0.2) is 6.61 Å². The fraction of sp³-hybridized carbons (Fsp3) is 0.333. The number of hydrogen-bond donors (Lipinski definition) is 2. The summed E-state index contributed by atoms with van der Waals surface area (Å²) in [6.45, 7) is 1.15. The highest BCUT2D eigenvalue weighted by atomic mass is 16.5. The van der Waals surface area contributed by atoms with Gasteiger partial charge in [-0.2, -0.15) is 0 Å². The molecule has 0 spiro atoms. The maximum Gasteiger partial charge on any atom is 0.325 e. The van der Waals surface area contributed by atoms with Gasteiger partial charge in [0.1, 0.15) is 17.5 Å². The summed E-state index contributed by atoms with van der Waals surface area (Å²) >= 11 is 0. The van der Waals surface area contributed by atoms with Gasteiger partial charge in [-0.3, -0.25) is 9.59 Å². The van der Waals surface area contributed by atoms with E-state index in [1.54, 1.807) is 31.4 Å². The molecular weight excluding hydrogens is 238 g/mol. The maximum absolute atomic E-state index is 11.3. The molecule has 0 aliphatic carbocycles. The van der Waals surface area contributed by atoms with Crippen molar-refractivity contribution in [2.75, 3.05) is 13.7 Å². The first kappa shape index (κ1) is 13.8. The number of amides is 1. The minimum atomic E-state index is -1.09. The number of carbonyl (C=O) groups excluding carboxylic acids is 1. The van der Waals surface area contributed by atoms with Crippen molar-refractivity contribution in [1.29, 1.82) is 0 Å². The standard InChI is InChI=1S/C12H15NO5/c1-8(12(15)16)13-11(14)7-18-10-5-3-9(17-2)4-6-10/h3-6,8H,7H2,1-2H3,(H,13,14)(H,15,16). The summed E-state index contributed by atoms with van der Waals surface area (Å²) in [5, 5.41) is 10.9. The Morgan fingerprint density at radius 1 is 1.28 bits per heavy atom. The number of benzene rings is 1. The molecule has 98 valence electrons. The van der Waals surface area contributed by atoms with Crippen LogP contribution in [-0.4, -0.2) is 36.7 Å². The molecule has 0 aliphatic heterocycles. The molecule has 6 heteroatoms. The molecule has 0 heterocycles. The number of rotatable bonds is 6. The van der Waals surface area contributed by atoms with Gasteiger partial charge in [-0.05, 0) is 31.2 Å². The molecule has 18 heavy (non-hydrogen) atoms. The first-order valence-electron chi connectivity index (χ1n) is 5.32. The van der Waals surface area contributed by atoms with Gasteiger partial charge in [-0.25, -0.2) is 0 Å². The molecule has 0 aromatic heterocycles. The molecule has 0 aliphatic rings. The van der Waals surface area contributed by atoms with E-state index in [4.69, 9.17) is 14.6 Å². The van der Waals surface area contributed by atoms with Gasteiger partial charge in [0.2, 0.25) is 0 Å². The summed E-state index contributed by atoms with van der Waals surface area (Å²) in [5.74, 6) is -0.381. The molecule has 1 unspecified atom stereocenters. The zero-order chi connectivity index (χ0) is 13.5. The van der Waals surface area contributed by atoms with Crippen LogP contribution in [0, 0.1) is 0 Å². The van der Waals surface area contributed by atoms with Crippen LogP contribution in [0.15, 0.2) is 24.3 Å². The van der Waals surface area contributed by atoms with Crippen LogP contribution in [0.3, 0.4) is 0 Å². The Hall–Kier alpha value is -2.24. The van der Waals surface area contributed by atoms with E-state index < -0.39 is 17.9 Å². The van der Waals surface area contributed by atoms with Crippen LogP contribution in [0.25, 0.3) is 0 Å². The zero-order valence-corrected chi connectivity index (χ0v) is 10.2. The van der Waals surface area contributed by atoms with Crippen molar-refractivity contribution in [2.45, 2.75) is 13.0 Å². The maximum atomic E-state index is 11.3. The lowest BCUT2D eigenvalue weighted by molar-refractivity contribution is -0.141. The summed E-state index contributed by atoms with van der Waals surface area (Å²) in [4.78, 5) is 21.8. The van der Waals surface area contributed by atoms with Gasteiger partial charge >= 0.3 is 5.97 Å². The van der Waals surface area contributed by atoms with Gasteiger partial charge in [0.05, 0.1) is 7.11 Å². The second kappa shape index (κ2) is 6.48. The number of carbonyl (C=O) groups is 2. The van der Waals surface area contributed by atoms with Crippen LogP contribution >= 0.6 is 0 Å². The predicted molar refractivity (Wildman–Crippen MR) is 63.7 cm³/mol. The average molecular weight is 253 g/mol. The molecule has 0 saturated carbocycles. The van der Waals surface area contributed by atoms with Crippen LogP contribution in [-0.2, 0) is 9.59 Å². The molecular formula is C12H15NO5. The number of carboxylic acid groups (broad SMARTS) is 1. The third-order valence-electron chi connectivity index (χ3n) is 2.18. The number of hydrogen-bond acceptors (Lipinski definition) is 4. The zero-order valence-electron chi connectivity index (χ0n) is 10.2. The molecule has 0 saturated heterocycles. The number of ether oxygens (including phenoxy) is 2. The van der Waals surface area contributed by atoms with Crippen molar-refractivity contribution in [1.82, 2.24) is 5.32 Å². The Bertz CT molecular complexity index is 415. The van der Waals surface area contributed by atoms with E-state index in [1.165, 1.54) is 6.92 Å². The third kappa shape index (κ3) is 4.32. The first-order chi connectivity index (χ1) is 8.52. The first-order valence-corrected chi connectivity index (χ1v) is 5.32. The Kier molecular flexibility index (Phi) is 4.98. The van der Waals surface area contributed by atoms with Crippen molar-refractivity contribution in [3.05, 3.63) is 24.3 Å². The normalized spacial score (nSPS) is 11.4. The SMILES string of the molecule is COc1ccc(OCC(=O)NC(C)C(=O)O)cc1. The van der Waals surface area contributed by atoms with E-state index in [2.05, 4.69) is 5.32 Å². The van der Waals surface area contributed by atoms with Gasteiger partial charge in [0, 0.05) is 0 Å². The van der Waals surface area contributed by atoms with Crippen molar-refractivity contribution in [3.8, 4) is 11.5 Å². The quantitative estimate of drug-likeness (QED) is 0.778. The third-order valence-corrected chi connectivity index (χ3v) is 2.18. The molecule has 1 aromatic carbocycles. The van der Waals surface area contributed by atoms with Gasteiger partial charge in [-0.15, -0.1) is 0 Å². The Balaban J connectivity index is 2.40. The summed E-state index contributed by atoms with van der Waals surface area (Å²) in [5.41, 5.74) is 0. The van der Waals surface area contributed by atoms with E-state index in [9.17, 15) is 9.59 Å². The van der Waals surface area contributed by atoms with Crippen LogP contribution in [0.4, 0.5) is 0 Å². The smallest absolute Gasteiger partial charge is 0.325 e. The number of aliphatic carboxylic acids is 1. The summed E-state index contributed by atoms with van der Waals surface area (Å²) in [7, 11) is 1.55. The Labute approximate surface area is 105 Å². The fourth-order valence-corrected chi connectivity index (χ4v) is 1.17. The number of methoxy groups -OCH3 is 1. The van der Waals surface area contributed by atoms with E-state index in [1.807, 2.05) is 0 Å². The van der Waals surface area contributed by atoms with Gasteiger partial charge in [-0.1, -0.05) is 0 Å². The topological polar surface area (TPSA) is 84.9 Å². The lowest BCUT2D eigenvalue weighted by atomic mass is 10.3. The second-order valence-corrected chi connectivity index (χ2v) is 3.59. The molecule has 1 amide bonds. The van der Waals surface area contributed by atoms with Crippen LogP contribution in [0.1, 0.15) is 6.92 Å². The molecule has 1 rings (SSSR count). The molecule has 2 N–H and O–H groups in total. The van der Waals surface area contributed by atoms with Crippen LogP contribution < -0.4 is 14.8 Å². The molecule has 1 atom stereocenters. The molecule has 0 bridgehead atoms. The lowest BCUT2D eigenvalue weighted by Crippen LogP contribution is -2.40. The fourth-order valence-electron chi connectivity index (χ4n) is 1.17. The summed E-state index contributed by atoms with van der Waals surface area (Å²) < 4.78 is 10.2. The van der Waals surface area contributed by atoms with Gasteiger partial charge in [0.25, 0.3) is 5.91 Å². The highest BCUT2D eigenvalue weighted by Crippen LogP contribution is 2.16. The average Bonchev–Trinajstić information content (AvgIpc) is 2.36. The Morgan fingerprint density at radius 3 is 2.33 bits per heavy atom. The van der Waals surface area contributed by atoms with Crippen molar-refractivity contribution < 1.29 is 24.2 Å². The van der Waals surface area contributed by atoms with Crippen LogP contribution in [0.2, 0.25) is 0 Å².